The third kappa shape index (κ3) is 2.02. The summed E-state index contributed by atoms with van der Waals surface area (Å²) in [5.41, 5.74) is 1.78. The van der Waals surface area contributed by atoms with Gasteiger partial charge in [0.25, 0.3) is 0 Å². The molecular weight excluding hydrogens is 345 g/mol. The van der Waals surface area contributed by atoms with Crippen LogP contribution >= 0.6 is 33.9 Å². The molecule has 2 aromatic carbocycles. The molecule has 0 unspecified atom stereocenters. The molecule has 17 heavy (non-hydrogen) atoms. The van der Waals surface area contributed by atoms with Gasteiger partial charge in [0.05, 0.1) is 15.8 Å². The second kappa shape index (κ2) is 4.27. The molecule has 0 radical (unpaired) electrons. The number of hydrogen-bond donors (Lipinski definition) is 1. The molecule has 0 aliphatic rings. The van der Waals surface area contributed by atoms with Crippen LogP contribution in [0.5, 0.6) is 5.75 Å². The van der Waals surface area contributed by atoms with Gasteiger partial charge >= 0.3 is 0 Å². The largest absolute Gasteiger partial charge is 0.507 e. The molecule has 84 valence electrons. The third-order valence-electron chi connectivity index (χ3n) is 2.48. The molecule has 0 saturated carbocycles. The normalized spacial score (nSPS) is 10.9. The van der Waals surface area contributed by atoms with E-state index in [-0.39, 0.29) is 5.75 Å². The average Bonchev–Trinajstić information content (AvgIpc) is 2.72. The predicted molar refractivity (Wildman–Crippen MR) is 79.4 cm³/mol. The smallest absolute Gasteiger partial charge is 0.128 e. The SMILES string of the molecule is Oc1cc(I)ccc1-c1nc2ccccc2s1. The molecule has 1 heterocycles. The van der Waals surface area contributed by atoms with Gasteiger partial charge in [0.1, 0.15) is 10.8 Å². The summed E-state index contributed by atoms with van der Waals surface area (Å²) in [6.07, 6.45) is 0. The van der Waals surface area contributed by atoms with E-state index < -0.39 is 0 Å². The minimum Gasteiger partial charge on any atom is -0.507 e. The Morgan fingerprint density at radius 1 is 1.12 bits per heavy atom. The number of halogens is 1. The Morgan fingerprint density at radius 2 is 1.94 bits per heavy atom. The highest BCUT2D eigenvalue weighted by Crippen LogP contribution is 2.35. The van der Waals surface area contributed by atoms with E-state index in [1.165, 1.54) is 0 Å². The number of para-hydroxylation sites is 1. The topological polar surface area (TPSA) is 33.1 Å². The molecule has 4 heteroatoms. The summed E-state index contributed by atoms with van der Waals surface area (Å²) in [6, 6.07) is 13.6. The van der Waals surface area contributed by atoms with E-state index >= 15 is 0 Å². The number of aromatic hydroxyl groups is 1. The van der Waals surface area contributed by atoms with Crippen LogP contribution in [0.3, 0.4) is 0 Å². The number of nitrogens with zero attached hydrogens (tertiary/aromatic N) is 1. The van der Waals surface area contributed by atoms with Crippen molar-refractivity contribution in [2.45, 2.75) is 0 Å². The minimum absolute atomic E-state index is 0.288. The van der Waals surface area contributed by atoms with Gasteiger partial charge in [-0.1, -0.05) is 12.1 Å². The maximum atomic E-state index is 9.93. The van der Waals surface area contributed by atoms with Crippen molar-refractivity contribution in [1.82, 2.24) is 4.98 Å². The van der Waals surface area contributed by atoms with Gasteiger partial charge in [-0.05, 0) is 52.9 Å². The maximum absolute atomic E-state index is 9.93. The Balaban J connectivity index is 2.20. The number of aromatic nitrogens is 1. The van der Waals surface area contributed by atoms with Crippen LogP contribution in [0.25, 0.3) is 20.8 Å². The molecular formula is C13H8INOS. The van der Waals surface area contributed by atoms with Crippen molar-refractivity contribution in [3.8, 4) is 16.3 Å². The summed E-state index contributed by atoms with van der Waals surface area (Å²) in [5.74, 6) is 0.288. The number of fused-ring (bicyclic) bond motifs is 1. The molecule has 2 nitrogen and oxygen atoms in total. The Labute approximate surface area is 116 Å². The standard InChI is InChI=1S/C13H8INOS/c14-8-5-6-9(11(16)7-8)13-15-10-3-1-2-4-12(10)17-13/h1-7,16H. The van der Waals surface area contributed by atoms with Crippen LogP contribution in [0.15, 0.2) is 42.5 Å². The molecule has 0 saturated heterocycles. The highest BCUT2D eigenvalue weighted by Gasteiger charge is 2.09. The summed E-state index contributed by atoms with van der Waals surface area (Å²) in [4.78, 5) is 4.53. The molecule has 3 aromatic rings. The molecule has 0 bridgehead atoms. The fourth-order valence-electron chi connectivity index (χ4n) is 1.67. The Morgan fingerprint density at radius 3 is 2.71 bits per heavy atom. The number of thiazole rings is 1. The third-order valence-corrected chi connectivity index (χ3v) is 4.22. The van der Waals surface area contributed by atoms with Crippen LogP contribution in [0, 0.1) is 3.57 Å². The Hall–Kier alpha value is -1.14. The summed E-state index contributed by atoms with van der Waals surface area (Å²) in [7, 11) is 0. The molecule has 1 aromatic heterocycles. The van der Waals surface area contributed by atoms with Crippen LogP contribution in [0.4, 0.5) is 0 Å². The monoisotopic (exact) mass is 353 g/mol. The van der Waals surface area contributed by atoms with Gasteiger partial charge in [-0.25, -0.2) is 4.98 Å². The van der Waals surface area contributed by atoms with Gasteiger partial charge < -0.3 is 5.11 Å². The van der Waals surface area contributed by atoms with Crippen LogP contribution in [-0.4, -0.2) is 10.1 Å². The maximum Gasteiger partial charge on any atom is 0.128 e. The van der Waals surface area contributed by atoms with Crippen molar-refractivity contribution in [3.63, 3.8) is 0 Å². The highest BCUT2D eigenvalue weighted by molar-refractivity contribution is 14.1. The van der Waals surface area contributed by atoms with E-state index in [1.807, 2.05) is 36.4 Å². The van der Waals surface area contributed by atoms with Gasteiger partial charge in [-0.2, -0.15) is 0 Å². The van der Waals surface area contributed by atoms with Gasteiger partial charge in [-0.15, -0.1) is 11.3 Å². The minimum atomic E-state index is 0.288. The molecule has 0 fully saturated rings. The zero-order chi connectivity index (χ0) is 11.8. The van der Waals surface area contributed by atoms with Gasteiger partial charge in [0.15, 0.2) is 0 Å². The lowest BCUT2D eigenvalue weighted by molar-refractivity contribution is 0.477. The average molecular weight is 353 g/mol. The fraction of sp³-hybridized carbons (Fsp3) is 0. The Kier molecular flexibility index (Phi) is 2.76. The second-order valence-electron chi connectivity index (χ2n) is 3.65. The summed E-state index contributed by atoms with van der Waals surface area (Å²) in [5, 5.41) is 10.8. The van der Waals surface area contributed by atoms with E-state index in [0.29, 0.717) is 0 Å². The lowest BCUT2D eigenvalue weighted by atomic mass is 10.2. The first kappa shape index (κ1) is 11.0. The summed E-state index contributed by atoms with van der Waals surface area (Å²) in [6.45, 7) is 0. The van der Waals surface area contributed by atoms with Crippen LogP contribution in [0.2, 0.25) is 0 Å². The number of hydrogen-bond acceptors (Lipinski definition) is 3. The first-order chi connectivity index (χ1) is 8.24. The van der Waals surface area contributed by atoms with Crippen molar-refractivity contribution < 1.29 is 5.11 Å². The lowest BCUT2D eigenvalue weighted by Crippen LogP contribution is -1.79. The summed E-state index contributed by atoms with van der Waals surface area (Å²) >= 11 is 3.78. The van der Waals surface area contributed by atoms with Gasteiger partial charge in [-0.3, -0.25) is 0 Å². The van der Waals surface area contributed by atoms with Crippen molar-refractivity contribution in [1.29, 1.82) is 0 Å². The zero-order valence-corrected chi connectivity index (χ0v) is 11.7. The molecule has 0 atom stereocenters. The molecule has 0 aliphatic heterocycles. The van der Waals surface area contributed by atoms with E-state index in [1.54, 1.807) is 17.4 Å². The van der Waals surface area contributed by atoms with Crippen molar-refractivity contribution in [2.24, 2.45) is 0 Å². The number of phenols is 1. The zero-order valence-electron chi connectivity index (χ0n) is 8.72. The number of rotatable bonds is 1. The van der Waals surface area contributed by atoms with E-state index in [4.69, 9.17) is 0 Å². The van der Waals surface area contributed by atoms with E-state index in [0.717, 1.165) is 24.4 Å². The quantitative estimate of drug-likeness (QED) is 0.663. The first-order valence-electron chi connectivity index (χ1n) is 5.08. The van der Waals surface area contributed by atoms with Crippen molar-refractivity contribution >= 4 is 44.1 Å². The summed E-state index contributed by atoms with van der Waals surface area (Å²) < 4.78 is 2.16. The van der Waals surface area contributed by atoms with Crippen LogP contribution in [-0.2, 0) is 0 Å². The molecule has 0 amide bonds. The second-order valence-corrected chi connectivity index (χ2v) is 5.92. The fourth-order valence-corrected chi connectivity index (χ4v) is 3.15. The Bertz CT molecular complexity index is 660. The van der Waals surface area contributed by atoms with Crippen LogP contribution < -0.4 is 0 Å². The lowest BCUT2D eigenvalue weighted by Gasteiger charge is -2.00. The molecule has 0 spiro atoms. The number of phenolic OH excluding ortho intramolecular Hbond substituents is 1. The molecule has 3 rings (SSSR count). The van der Waals surface area contributed by atoms with Gasteiger partial charge in [0.2, 0.25) is 0 Å². The molecule has 0 aliphatic carbocycles. The van der Waals surface area contributed by atoms with E-state index in [9.17, 15) is 5.11 Å². The highest BCUT2D eigenvalue weighted by atomic mass is 127. The number of benzene rings is 2. The molecule has 1 N–H and O–H groups in total. The van der Waals surface area contributed by atoms with Crippen LogP contribution in [0.1, 0.15) is 0 Å². The van der Waals surface area contributed by atoms with Gasteiger partial charge in [0, 0.05) is 3.57 Å². The first-order valence-corrected chi connectivity index (χ1v) is 6.98. The van der Waals surface area contributed by atoms with Crippen molar-refractivity contribution in [3.05, 3.63) is 46.0 Å². The van der Waals surface area contributed by atoms with E-state index in [2.05, 4.69) is 27.6 Å². The predicted octanol–water partition coefficient (Wildman–Crippen LogP) is 4.27. The van der Waals surface area contributed by atoms with Crippen molar-refractivity contribution in [2.75, 3.05) is 0 Å².